The van der Waals surface area contributed by atoms with Crippen molar-refractivity contribution in [2.24, 2.45) is 0 Å². The van der Waals surface area contributed by atoms with Crippen LogP contribution in [0.3, 0.4) is 0 Å². The zero-order chi connectivity index (χ0) is 41.9. The molecular formula is C50H94O7. The van der Waals surface area contributed by atoms with E-state index in [1.807, 2.05) is 0 Å². The van der Waals surface area contributed by atoms with E-state index in [2.05, 4.69) is 27.7 Å². The molecule has 336 valence electrons. The third kappa shape index (κ3) is 38.1. The Morgan fingerprint density at radius 1 is 0.298 bits per heavy atom. The van der Waals surface area contributed by atoms with E-state index in [1.165, 1.54) is 141 Å². The normalized spacial score (nSPS) is 12.4. The van der Waals surface area contributed by atoms with Crippen LogP contribution in [0, 0.1) is 0 Å². The minimum Gasteiger partial charge on any atom is -0.450 e. The Hall–Kier alpha value is -1.92. The van der Waals surface area contributed by atoms with Gasteiger partial charge in [-0.2, -0.15) is 0 Å². The molecule has 0 spiro atoms. The molecule has 0 N–H and O–H groups in total. The summed E-state index contributed by atoms with van der Waals surface area (Å²) in [7, 11) is 0. The average Bonchev–Trinajstić information content (AvgIpc) is 3.20. The minimum absolute atomic E-state index is 0.253. The third-order valence-corrected chi connectivity index (χ3v) is 11.4. The van der Waals surface area contributed by atoms with Crippen LogP contribution in [0.1, 0.15) is 285 Å². The van der Waals surface area contributed by atoms with Crippen molar-refractivity contribution in [3.05, 3.63) is 0 Å². The van der Waals surface area contributed by atoms with E-state index >= 15 is 0 Å². The quantitative estimate of drug-likeness (QED) is 0.0262. The Morgan fingerprint density at radius 2 is 0.509 bits per heavy atom. The molecule has 0 radical (unpaired) electrons. The van der Waals surface area contributed by atoms with Crippen LogP contribution in [-0.2, 0) is 33.4 Å². The van der Waals surface area contributed by atoms with Gasteiger partial charge >= 0.3 is 23.9 Å². The first-order chi connectivity index (χ1) is 27.9. The molecule has 0 aromatic carbocycles. The first kappa shape index (κ1) is 55.1. The molecule has 0 rings (SSSR count). The van der Waals surface area contributed by atoms with Crippen LogP contribution in [-0.4, -0.2) is 36.1 Å². The van der Waals surface area contributed by atoms with Crippen LogP contribution in [0.4, 0.5) is 0 Å². The molecule has 0 bridgehead atoms. The van der Waals surface area contributed by atoms with Gasteiger partial charge in [-0.25, -0.2) is 9.59 Å². The molecule has 0 saturated heterocycles. The Bertz CT molecular complexity index is 918. The maximum absolute atomic E-state index is 13.5. The number of carbonyl (C=O) groups is 4. The van der Waals surface area contributed by atoms with Gasteiger partial charge in [0.05, 0.1) is 0 Å². The van der Waals surface area contributed by atoms with Crippen LogP contribution in [0.25, 0.3) is 0 Å². The predicted octanol–water partition coefficient (Wildman–Crippen LogP) is 15.6. The summed E-state index contributed by atoms with van der Waals surface area (Å²) in [5, 5.41) is 0. The molecule has 7 nitrogen and oxygen atoms in total. The average molecular weight is 807 g/mol. The van der Waals surface area contributed by atoms with Crippen molar-refractivity contribution in [1.29, 1.82) is 0 Å². The highest BCUT2D eigenvalue weighted by molar-refractivity contribution is 5.91. The van der Waals surface area contributed by atoms with Crippen LogP contribution >= 0.6 is 0 Å². The largest absolute Gasteiger partial charge is 0.450 e. The molecule has 7 heteroatoms. The summed E-state index contributed by atoms with van der Waals surface area (Å²) >= 11 is 0. The molecule has 0 aromatic rings. The zero-order valence-electron chi connectivity index (χ0n) is 38.3. The second-order valence-corrected chi connectivity index (χ2v) is 17.1. The van der Waals surface area contributed by atoms with E-state index in [9.17, 15) is 19.2 Å². The van der Waals surface area contributed by atoms with Gasteiger partial charge < -0.3 is 14.2 Å². The fraction of sp³-hybridized carbons (Fsp3) is 0.920. The Kier molecular flexibility index (Phi) is 42.2. The van der Waals surface area contributed by atoms with Crippen molar-refractivity contribution in [2.45, 2.75) is 297 Å². The van der Waals surface area contributed by atoms with E-state index in [1.54, 1.807) is 0 Å². The molecule has 0 saturated carbocycles. The van der Waals surface area contributed by atoms with E-state index in [0.717, 1.165) is 77.0 Å². The number of hydrogen-bond acceptors (Lipinski definition) is 7. The van der Waals surface area contributed by atoms with E-state index in [4.69, 9.17) is 14.2 Å². The number of hydrogen-bond donors (Lipinski definition) is 0. The number of unbranched alkanes of at least 4 members (excludes halogenated alkanes) is 32. The van der Waals surface area contributed by atoms with Gasteiger partial charge in [0.1, 0.15) is 0 Å². The van der Waals surface area contributed by atoms with Crippen molar-refractivity contribution in [1.82, 2.24) is 0 Å². The summed E-state index contributed by atoms with van der Waals surface area (Å²) in [5.41, 5.74) is 0. The standard InChI is InChI=1S/C50H94O7/c1-5-9-13-17-21-25-28-30-34-38-42-46(56-48(52)44-40-36-32-27-23-19-15-11-7-3)50(54)57-49(53)45(41-37-33-29-24-20-16-12-8-4)55-47(51)43-39-35-31-26-22-18-14-10-6-2/h45-46H,5-44H2,1-4H3. The fourth-order valence-corrected chi connectivity index (χ4v) is 7.56. The summed E-state index contributed by atoms with van der Waals surface area (Å²) in [6.45, 7) is 8.90. The summed E-state index contributed by atoms with van der Waals surface area (Å²) < 4.78 is 16.8. The third-order valence-electron chi connectivity index (χ3n) is 11.4. The predicted molar refractivity (Wildman–Crippen MR) is 238 cm³/mol. The number of rotatable bonds is 44. The van der Waals surface area contributed by atoms with Gasteiger partial charge in [-0.15, -0.1) is 0 Å². The van der Waals surface area contributed by atoms with Crippen molar-refractivity contribution in [3.8, 4) is 0 Å². The molecule has 0 aliphatic carbocycles. The lowest BCUT2D eigenvalue weighted by molar-refractivity contribution is -0.182. The monoisotopic (exact) mass is 807 g/mol. The fourth-order valence-electron chi connectivity index (χ4n) is 7.56. The van der Waals surface area contributed by atoms with E-state index in [0.29, 0.717) is 25.7 Å². The molecule has 0 amide bonds. The molecule has 0 aliphatic rings. The molecule has 57 heavy (non-hydrogen) atoms. The van der Waals surface area contributed by atoms with Crippen LogP contribution in [0.15, 0.2) is 0 Å². The molecular weight excluding hydrogens is 713 g/mol. The van der Waals surface area contributed by atoms with E-state index in [-0.39, 0.29) is 12.8 Å². The van der Waals surface area contributed by atoms with Crippen molar-refractivity contribution >= 4 is 23.9 Å². The SMILES string of the molecule is CCCCCCCCCCCCC(OC(=O)CCCCCCCCCCC)C(=O)OC(=O)C(CCCCCCCCCC)OC(=O)CCCCCCCCCCC. The Morgan fingerprint density at radius 3 is 0.754 bits per heavy atom. The van der Waals surface area contributed by atoms with Gasteiger partial charge in [-0.1, -0.05) is 233 Å². The summed E-state index contributed by atoms with van der Waals surface area (Å²) in [6, 6.07) is 0. The maximum Gasteiger partial charge on any atom is 0.355 e. The number of esters is 4. The lowest BCUT2D eigenvalue weighted by Gasteiger charge is -2.20. The second kappa shape index (κ2) is 43.7. The molecule has 0 aromatic heterocycles. The number of carbonyl (C=O) groups excluding carboxylic acids is 4. The van der Waals surface area contributed by atoms with Gasteiger partial charge in [0.25, 0.3) is 0 Å². The summed E-state index contributed by atoms with van der Waals surface area (Å²) in [5.74, 6) is -2.51. The van der Waals surface area contributed by atoms with Gasteiger partial charge in [0, 0.05) is 12.8 Å². The molecule has 0 heterocycles. The first-order valence-electron chi connectivity index (χ1n) is 25.0. The molecule has 2 unspecified atom stereocenters. The Balaban J connectivity index is 5.20. The molecule has 2 atom stereocenters. The Labute approximate surface area is 353 Å². The smallest absolute Gasteiger partial charge is 0.355 e. The summed E-state index contributed by atoms with van der Waals surface area (Å²) in [6.07, 6.45) is 39.8. The number of ether oxygens (including phenoxy) is 3. The van der Waals surface area contributed by atoms with Crippen molar-refractivity contribution < 1.29 is 33.4 Å². The second-order valence-electron chi connectivity index (χ2n) is 17.1. The highest BCUT2D eigenvalue weighted by atomic mass is 16.6. The van der Waals surface area contributed by atoms with Crippen LogP contribution in [0.5, 0.6) is 0 Å². The van der Waals surface area contributed by atoms with Gasteiger partial charge in [-0.05, 0) is 38.5 Å². The van der Waals surface area contributed by atoms with Gasteiger partial charge in [0.15, 0.2) is 12.2 Å². The highest BCUT2D eigenvalue weighted by Gasteiger charge is 2.31. The lowest BCUT2D eigenvalue weighted by Crippen LogP contribution is -2.36. The first-order valence-corrected chi connectivity index (χ1v) is 25.0. The van der Waals surface area contributed by atoms with Crippen LogP contribution in [0.2, 0.25) is 0 Å². The van der Waals surface area contributed by atoms with Crippen molar-refractivity contribution in [3.63, 3.8) is 0 Å². The van der Waals surface area contributed by atoms with Crippen molar-refractivity contribution in [2.75, 3.05) is 0 Å². The van der Waals surface area contributed by atoms with Crippen LogP contribution < -0.4 is 0 Å². The van der Waals surface area contributed by atoms with Gasteiger partial charge in [-0.3, -0.25) is 9.59 Å². The maximum atomic E-state index is 13.5. The topological polar surface area (TPSA) is 96.0 Å². The lowest BCUT2D eigenvalue weighted by atomic mass is 10.0. The minimum atomic E-state index is -1.13. The molecule has 0 aliphatic heterocycles. The zero-order valence-corrected chi connectivity index (χ0v) is 38.3. The van der Waals surface area contributed by atoms with E-state index < -0.39 is 36.1 Å². The van der Waals surface area contributed by atoms with Gasteiger partial charge in [0.2, 0.25) is 0 Å². The highest BCUT2D eigenvalue weighted by Crippen LogP contribution is 2.19. The summed E-state index contributed by atoms with van der Waals surface area (Å²) in [4.78, 5) is 52.8. The molecule has 0 fully saturated rings.